The highest BCUT2D eigenvalue weighted by Crippen LogP contribution is 2.27. The van der Waals surface area contributed by atoms with Gasteiger partial charge in [-0.25, -0.2) is 8.78 Å². The van der Waals surface area contributed by atoms with Crippen LogP contribution >= 0.6 is 0 Å². The Kier molecular flexibility index (Phi) is 6.34. The molecule has 7 heteroatoms. The first-order valence-electron chi connectivity index (χ1n) is 8.79. The Morgan fingerprint density at radius 1 is 1.22 bits per heavy atom. The minimum absolute atomic E-state index is 0.100. The molecule has 1 aliphatic rings. The molecule has 0 radical (unpaired) electrons. The minimum Gasteiger partial charge on any atom is -0.347 e. The van der Waals surface area contributed by atoms with Gasteiger partial charge in [0.15, 0.2) is 11.6 Å². The van der Waals surface area contributed by atoms with Crippen molar-refractivity contribution in [2.75, 3.05) is 19.3 Å². The summed E-state index contributed by atoms with van der Waals surface area (Å²) in [5.74, 6) is -1.70. The number of rotatable bonds is 5. The van der Waals surface area contributed by atoms with Crippen LogP contribution in [-0.2, 0) is 16.6 Å². The van der Waals surface area contributed by atoms with Crippen LogP contribution in [0.1, 0.15) is 33.8 Å². The number of hydrogen-bond acceptors (Lipinski definition) is 3. The Hall–Kier alpha value is -2.12. The molecule has 3 rings (SSSR count). The quantitative estimate of drug-likeness (QED) is 0.823. The average molecular weight is 392 g/mol. The maximum absolute atomic E-state index is 13.6. The summed E-state index contributed by atoms with van der Waals surface area (Å²) in [6.45, 7) is 1.29. The summed E-state index contributed by atoms with van der Waals surface area (Å²) in [6.07, 6.45) is 2.33. The third-order valence-corrected chi connectivity index (χ3v) is 5.47. The van der Waals surface area contributed by atoms with Gasteiger partial charge in [-0.15, -0.1) is 0 Å². The Labute approximate surface area is 159 Å². The lowest BCUT2D eigenvalue weighted by molar-refractivity contribution is 0.0924. The summed E-state index contributed by atoms with van der Waals surface area (Å²) in [6, 6.07) is 10.7. The molecule has 4 nitrogen and oxygen atoms in total. The van der Waals surface area contributed by atoms with Crippen molar-refractivity contribution in [2.24, 2.45) is 0 Å². The van der Waals surface area contributed by atoms with Crippen LogP contribution in [-0.4, -0.2) is 35.5 Å². The Bertz CT molecular complexity index is 860. The molecule has 1 heterocycles. The van der Waals surface area contributed by atoms with Gasteiger partial charge in [0.25, 0.3) is 5.91 Å². The van der Waals surface area contributed by atoms with Crippen LogP contribution in [0.25, 0.3) is 0 Å². The molecule has 0 spiro atoms. The smallest absolute Gasteiger partial charge is 0.251 e. The van der Waals surface area contributed by atoms with E-state index >= 15 is 0 Å². The first kappa shape index (κ1) is 19.6. The van der Waals surface area contributed by atoms with E-state index in [1.54, 1.807) is 30.5 Å². The molecular formula is C20H22F2N2O2S. The molecule has 1 aliphatic heterocycles. The van der Waals surface area contributed by atoms with Crippen LogP contribution in [0, 0.1) is 11.6 Å². The van der Waals surface area contributed by atoms with Crippen molar-refractivity contribution in [2.45, 2.75) is 24.1 Å². The monoisotopic (exact) mass is 392 g/mol. The van der Waals surface area contributed by atoms with E-state index in [4.69, 9.17) is 0 Å². The number of benzene rings is 2. The Morgan fingerprint density at radius 3 is 2.78 bits per heavy atom. The van der Waals surface area contributed by atoms with E-state index in [1.807, 2.05) is 6.07 Å². The fraction of sp³-hybridized carbons (Fsp3) is 0.350. The highest BCUT2D eigenvalue weighted by molar-refractivity contribution is 7.83. The number of nitrogens with one attached hydrogen (secondary N) is 2. The summed E-state index contributed by atoms with van der Waals surface area (Å²) in [4.78, 5) is 12.7. The van der Waals surface area contributed by atoms with Gasteiger partial charge < -0.3 is 10.6 Å². The Morgan fingerprint density at radius 2 is 2.04 bits per heavy atom. The van der Waals surface area contributed by atoms with Crippen molar-refractivity contribution in [1.82, 2.24) is 10.6 Å². The second-order valence-electron chi connectivity index (χ2n) is 6.77. The molecule has 0 saturated carbocycles. The van der Waals surface area contributed by atoms with Gasteiger partial charge in [-0.1, -0.05) is 18.2 Å². The number of amides is 1. The molecule has 2 aromatic rings. The van der Waals surface area contributed by atoms with Crippen LogP contribution in [0.15, 0.2) is 42.5 Å². The van der Waals surface area contributed by atoms with Gasteiger partial charge in [0.1, 0.15) is 0 Å². The van der Waals surface area contributed by atoms with E-state index in [-0.39, 0.29) is 17.9 Å². The van der Waals surface area contributed by atoms with Gasteiger partial charge in [0.05, 0.1) is 0 Å². The first-order chi connectivity index (χ1) is 12.9. The van der Waals surface area contributed by atoms with E-state index < -0.39 is 22.4 Å². The van der Waals surface area contributed by atoms with Crippen LogP contribution in [0.5, 0.6) is 0 Å². The van der Waals surface area contributed by atoms with E-state index in [1.165, 1.54) is 6.07 Å². The summed E-state index contributed by atoms with van der Waals surface area (Å²) in [5.41, 5.74) is 2.01. The van der Waals surface area contributed by atoms with E-state index in [9.17, 15) is 17.8 Å². The summed E-state index contributed by atoms with van der Waals surface area (Å²) in [5, 5.41) is 6.24. The molecule has 27 heavy (non-hydrogen) atoms. The topological polar surface area (TPSA) is 58.2 Å². The summed E-state index contributed by atoms with van der Waals surface area (Å²) >= 11 is 0. The standard InChI is InChI=1S/C20H22F2N2O2S/c1-27(26)12-13-3-2-4-15(9-13)20(25)24-19-11-23-8-7-16(19)14-5-6-17(21)18(22)10-14/h2-6,9-10,16,19,23H,7-8,11-12H2,1H3,(H,24,25). The SMILES string of the molecule is CS(=O)Cc1cccc(C(=O)NC2CNCCC2c2ccc(F)c(F)c2)c1. The Balaban J connectivity index is 1.76. The van der Waals surface area contributed by atoms with Crippen LogP contribution < -0.4 is 10.6 Å². The minimum atomic E-state index is -0.987. The van der Waals surface area contributed by atoms with Crippen molar-refractivity contribution in [1.29, 1.82) is 0 Å². The molecule has 3 atom stereocenters. The van der Waals surface area contributed by atoms with Gasteiger partial charge in [-0.3, -0.25) is 9.00 Å². The molecular weight excluding hydrogens is 370 g/mol. The third-order valence-electron chi connectivity index (χ3n) is 4.73. The molecule has 1 saturated heterocycles. The fourth-order valence-electron chi connectivity index (χ4n) is 3.44. The first-order valence-corrected chi connectivity index (χ1v) is 10.5. The van der Waals surface area contributed by atoms with Gasteiger partial charge >= 0.3 is 0 Å². The van der Waals surface area contributed by atoms with E-state index in [2.05, 4.69) is 10.6 Å². The average Bonchev–Trinajstić information content (AvgIpc) is 2.64. The third kappa shape index (κ3) is 4.99. The van der Waals surface area contributed by atoms with Crippen molar-refractivity contribution < 1.29 is 17.8 Å². The van der Waals surface area contributed by atoms with E-state index in [0.29, 0.717) is 29.8 Å². The van der Waals surface area contributed by atoms with Gasteiger partial charge in [0.2, 0.25) is 0 Å². The van der Waals surface area contributed by atoms with Gasteiger partial charge in [0, 0.05) is 46.9 Å². The van der Waals surface area contributed by atoms with Gasteiger partial charge in [-0.2, -0.15) is 0 Å². The number of halogens is 2. The normalized spacial score (nSPS) is 20.9. The predicted molar refractivity (Wildman–Crippen MR) is 102 cm³/mol. The lowest BCUT2D eigenvalue weighted by Gasteiger charge is -2.33. The second-order valence-corrected chi connectivity index (χ2v) is 8.21. The van der Waals surface area contributed by atoms with Crippen molar-refractivity contribution in [3.05, 3.63) is 70.8 Å². The molecule has 144 valence electrons. The summed E-state index contributed by atoms with van der Waals surface area (Å²) < 4.78 is 38.3. The highest BCUT2D eigenvalue weighted by Gasteiger charge is 2.28. The fourth-order valence-corrected chi connectivity index (χ4v) is 4.09. The molecule has 1 amide bonds. The van der Waals surface area contributed by atoms with Crippen molar-refractivity contribution in [3.63, 3.8) is 0 Å². The zero-order valence-electron chi connectivity index (χ0n) is 15.0. The number of hydrogen-bond donors (Lipinski definition) is 2. The van der Waals surface area contributed by atoms with Crippen molar-refractivity contribution in [3.8, 4) is 0 Å². The number of piperidine rings is 1. The zero-order chi connectivity index (χ0) is 19.4. The molecule has 0 aromatic heterocycles. The van der Waals surface area contributed by atoms with Gasteiger partial charge in [-0.05, 0) is 48.4 Å². The summed E-state index contributed by atoms with van der Waals surface area (Å²) in [7, 11) is -0.987. The second kappa shape index (κ2) is 8.71. The molecule has 1 fully saturated rings. The largest absolute Gasteiger partial charge is 0.347 e. The lowest BCUT2D eigenvalue weighted by atomic mass is 9.85. The van der Waals surface area contributed by atoms with Crippen LogP contribution in [0.3, 0.4) is 0 Å². The van der Waals surface area contributed by atoms with E-state index in [0.717, 1.165) is 18.2 Å². The molecule has 2 N–H and O–H groups in total. The van der Waals surface area contributed by atoms with Crippen molar-refractivity contribution >= 4 is 16.7 Å². The molecule has 0 bridgehead atoms. The zero-order valence-corrected chi connectivity index (χ0v) is 15.8. The molecule has 0 aliphatic carbocycles. The molecule has 2 aromatic carbocycles. The van der Waals surface area contributed by atoms with Crippen LogP contribution in [0.4, 0.5) is 8.78 Å². The highest BCUT2D eigenvalue weighted by atomic mass is 32.2. The maximum atomic E-state index is 13.6. The molecule has 3 unspecified atom stereocenters. The lowest BCUT2D eigenvalue weighted by Crippen LogP contribution is -2.50. The number of carbonyl (C=O) groups is 1. The van der Waals surface area contributed by atoms with Crippen LogP contribution in [0.2, 0.25) is 0 Å². The number of carbonyl (C=O) groups excluding carboxylic acids is 1. The maximum Gasteiger partial charge on any atom is 0.251 e. The predicted octanol–water partition coefficient (Wildman–Crippen LogP) is 2.72.